The van der Waals surface area contributed by atoms with Gasteiger partial charge in [0.25, 0.3) is 5.91 Å². The van der Waals surface area contributed by atoms with Crippen molar-refractivity contribution >= 4 is 12.1 Å². The number of hydrogen-bond acceptors (Lipinski definition) is 4. The first kappa shape index (κ1) is 14.1. The van der Waals surface area contributed by atoms with Gasteiger partial charge >= 0.3 is 0 Å². The van der Waals surface area contributed by atoms with Crippen LogP contribution in [0.5, 0.6) is 0 Å². The van der Waals surface area contributed by atoms with Crippen LogP contribution in [0.3, 0.4) is 0 Å². The van der Waals surface area contributed by atoms with Crippen LogP contribution in [0, 0.1) is 5.82 Å². The van der Waals surface area contributed by atoms with Crippen LogP contribution >= 0.6 is 0 Å². The number of nitrogens with one attached hydrogen (secondary N) is 2. The highest BCUT2D eigenvalue weighted by atomic mass is 19.1. The maximum atomic E-state index is 12.6. The summed E-state index contributed by atoms with van der Waals surface area (Å²) in [5.74, 6) is -0.543. The predicted molar refractivity (Wildman–Crippen MR) is 66.9 cm³/mol. The van der Waals surface area contributed by atoms with Crippen LogP contribution < -0.4 is 10.6 Å². The normalized spacial score (nSPS) is 10.6. The van der Waals surface area contributed by atoms with Crippen molar-refractivity contribution in [2.24, 2.45) is 5.16 Å². The second-order valence-electron chi connectivity index (χ2n) is 3.51. The molecule has 1 amide bonds. The van der Waals surface area contributed by atoms with Crippen LogP contribution in [0.25, 0.3) is 0 Å². The highest BCUT2D eigenvalue weighted by Crippen LogP contribution is 1.99. The number of oxime groups is 1. The molecule has 0 bridgehead atoms. The van der Waals surface area contributed by atoms with Gasteiger partial charge in [-0.2, -0.15) is 0 Å². The Morgan fingerprint density at radius 1 is 1.39 bits per heavy atom. The second kappa shape index (κ2) is 8.19. The van der Waals surface area contributed by atoms with E-state index in [0.717, 1.165) is 0 Å². The van der Waals surface area contributed by atoms with Crippen molar-refractivity contribution < 1.29 is 14.0 Å². The maximum Gasteiger partial charge on any atom is 0.260 e. The summed E-state index contributed by atoms with van der Waals surface area (Å²) in [4.78, 5) is 16.0. The molecule has 0 atom stereocenters. The molecule has 0 aliphatic rings. The highest BCUT2D eigenvalue weighted by Gasteiger charge is 1.99. The molecule has 0 spiro atoms. The minimum atomic E-state index is -0.308. The molecule has 5 nitrogen and oxygen atoms in total. The zero-order chi connectivity index (χ0) is 13.2. The lowest BCUT2D eigenvalue weighted by Crippen LogP contribution is -2.32. The van der Waals surface area contributed by atoms with Gasteiger partial charge in [0.1, 0.15) is 5.82 Å². The number of hydrogen-bond donors (Lipinski definition) is 2. The van der Waals surface area contributed by atoms with Gasteiger partial charge in [0, 0.05) is 13.1 Å². The number of benzene rings is 1. The summed E-state index contributed by atoms with van der Waals surface area (Å²) in [7, 11) is 1.80. The Hall–Kier alpha value is -1.95. The van der Waals surface area contributed by atoms with Crippen molar-refractivity contribution in [3.8, 4) is 0 Å². The number of carbonyl (C=O) groups excluding carboxylic acids is 1. The standard InChI is InChI=1S/C12H16FN3O2/c1-14-6-7-15-12(17)9-18-16-8-10-2-4-11(13)5-3-10/h2-5,8,14H,6-7,9H2,1H3,(H,15,17)/b16-8+. The first-order valence-corrected chi connectivity index (χ1v) is 5.54. The minimum Gasteiger partial charge on any atom is -0.386 e. The molecule has 1 rings (SSSR count). The topological polar surface area (TPSA) is 62.7 Å². The number of carbonyl (C=O) groups is 1. The van der Waals surface area contributed by atoms with Crippen molar-refractivity contribution in [2.75, 3.05) is 26.7 Å². The molecule has 0 heterocycles. The fourth-order valence-corrected chi connectivity index (χ4v) is 1.12. The molecule has 0 aliphatic carbocycles. The van der Waals surface area contributed by atoms with Crippen molar-refractivity contribution in [3.63, 3.8) is 0 Å². The number of likely N-dealkylation sites (N-methyl/N-ethyl adjacent to an activating group) is 1. The van der Waals surface area contributed by atoms with E-state index >= 15 is 0 Å². The molecule has 0 unspecified atom stereocenters. The lowest BCUT2D eigenvalue weighted by Gasteiger charge is -2.02. The average molecular weight is 253 g/mol. The van der Waals surface area contributed by atoms with Crippen LogP contribution in [0.15, 0.2) is 29.4 Å². The molecule has 98 valence electrons. The van der Waals surface area contributed by atoms with E-state index in [4.69, 9.17) is 4.84 Å². The second-order valence-corrected chi connectivity index (χ2v) is 3.51. The van der Waals surface area contributed by atoms with Crippen molar-refractivity contribution in [2.45, 2.75) is 0 Å². The van der Waals surface area contributed by atoms with Crippen molar-refractivity contribution in [1.29, 1.82) is 0 Å². The number of nitrogens with zero attached hydrogens (tertiary/aromatic N) is 1. The largest absolute Gasteiger partial charge is 0.386 e. The molecule has 0 radical (unpaired) electrons. The molecule has 1 aromatic rings. The molecule has 1 aromatic carbocycles. The Labute approximate surface area is 105 Å². The number of amides is 1. The molecule has 0 saturated carbocycles. The summed E-state index contributed by atoms with van der Waals surface area (Å²) in [6.45, 7) is 1.10. The smallest absolute Gasteiger partial charge is 0.260 e. The Balaban J connectivity index is 2.20. The van der Waals surface area contributed by atoms with Gasteiger partial charge in [-0.05, 0) is 24.7 Å². The van der Waals surface area contributed by atoms with Gasteiger partial charge in [0.2, 0.25) is 0 Å². The van der Waals surface area contributed by atoms with E-state index in [-0.39, 0.29) is 18.3 Å². The van der Waals surface area contributed by atoms with E-state index in [1.54, 1.807) is 19.2 Å². The Kier molecular flexibility index (Phi) is 6.42. The van der Waals surface area contributed by atoms with Crippen LogP contribution in [0.4, 0.5) is 4.39 Å². The molecule has 0 fully saturated rings. The number of rotatable bonds is 7. The van der Waals surface area contributed by atoms with E-state index in [1.807, 2.05) is 0 Å². The fourth-order valence-electron chi connectivity index (χ4n) is 1.12. The van der Waals surface area contributed by atoms with E-state index in [9.17, 15) is 9.18 Å². The van der Waals surface area contributed by atoms with E-state index in [2.05, 4.69) is 15.8 Å². The lowest BCUT2D eigenvalue weighted by atomic mass is 10.2. The quantitative estimate of drug-likeness (QED) is 0.423. The SMILES string of the molecule is CNCCNC(=O)CO/N=C/c1ccc(F)cc1. The molecular weight excluding hydrogens is 237 g/mol. The van der Waals surface area contributed by atoms with Crippen LogP contribution in [0.2, 0.25) is 0 Å². The Morgan fingerprint density at radius 3 is 2.78 bits per heavy atom. The summed E-state index contributed by atoms with van der Waals surface area (Å²) in [6, 6.07) is 5.78. The minimum absolute atomic E-state index is 0.137. The van der Waals surface area contributed by atoms with E-state index in [0.29, 0.717) is 18.7 Å². The Morgan fingerprint density at radius 2 is 2.11 bits per heavy atom. The molecule has 6 heteroatoms. The van der Waals surface area contributed by atoms with Gasteiger partial charge in [-0.15, -0.1) is 0 Å². The van der Waals surface area contributed by atoms with Crippen molar-refractivity contribution in [1.82, 2.24) is 10.6 Å². The van der Waals surface area contributed by atoms with Crippen LogP contribution in [0.1, 0.15) is 5.56 Å². The molecule has 0 aromatic heterocycles. The van der Waals surface area contributed by atoms with E-state index < -0.39 is 0 Å². The van der Waals surface area contributed by atoms with Gasteiger partial charge in [0.15, 0.2) is 6.61 Å². The van der Waals surface area contributed by atoms with Gasteiger partial charge < -0.3 is 15.5 Å². The lowest BCUT2D eigenvalue weighted by molar-refractivity contribution is -0.125. The fraction of sp³-hybridized carbons (Fsp3) is 0.333. The summed E-state index contributed by atoms with van der Waals surface area (Å²) in [6.07, 6.45) is 1.42. The summed E-state index contributed by atoms with van der Waals surface area (Å²) in [5, 5.41) is 9.16. The number of halogens is 1. The maximum absolute atomic E-state index is 12.6. The zero-order valence-corrected chi connectivity index (χ0v) is 10.1. The molecule has 2 N–H and O–H groups in total. The summed E-state index contributed by atoms with van der Waals surface area (Å²) >= 11 is 0. The van der Waals surface area contributed by atoms with Crippen LogP contribution in [-0.2, 0) is 9.63 Å². The molecule has 18 heavy (non-hydrogen) atoms. The summed E-state index contributed by atoms with van der Waals surface area (Å²) < 4.78 is 12.6. The average Bonchev–Trinajstić information content (AvgIpc) is 2.37. The first-order chi connectivity index (χ1) is 8.72. The molecule has 0 saturated heterocycles. The van der Waals surface area contributed by atoms with Gasteiger partial charge in [-0.25, -0.2) is 4.39 Å². The predicted octanol–water partition coefficient (Wildman–Crippen LogP) is 0.512. The van der Waals surface area contributed by atoms with Gasteiger partial charge in [-0.1, -0.05) is 17.3 Å². The zero-order valence-electron chi connectivity index (χ0n) is 10.1. The third-order valence-corrected chi connectivity index (χ3v) is 2.04. The molecule has 0 aliphatic heterocycles. The first-order valence-electron chi connectivity index (χ1n) is 5.54. The van der Waals surface area contributed by atoms with E-state index in [1.165, 1.54) is 18.3 Å². The van der Waals surface area contributed by atoms with Crippen molar-refractivity contribution in [3.05, 3.63) is 35.6 Å². The van der Waals surface area contributed by atoms with Gasteiger partial charge in [0.05, 0.1) is 6.21 Å². The summed E-state index contributed by atoms with van der Waals surface area (Å²) in [5.41, 5.74) is 0.701. The van der Waals surface area contributed by atoms with Gasteiger partial charge in [-0.3, -0.25) is 4.79 Å². The third kappa shape index (κ3) is 5.95. The monoisotopic (exact) mass is 253 g/mol. The Bertz CT molecular complexity index is 393. The third-order valence-electron chi connectivity index (χ3n) is 2.04. The molecular formula is C12H16FN3O2. The highest BCUT2D eigenvalue weighted by molar-refractivity contribution is 5.79. The van der Waals surface area contributed by atoms with Crippen LogP contribution in [-0.4, -0.2) is 38.9 Å².